The Bertz CT molecular complexity index is 335. The zero-order chi connectivity index (χ0) is 13.3. The van der Waals surface area contributed by atoms with Gasteiger partial charge in [0.25, 0.3) is 0 Å². The van der Waals surface area contributed by atoms with E-state index in [0.29, 0.717) is 6.42 Å². The molecule has 3 fully saturated rings. The molecule has 0 bridgehead atoms. The molecular weight excluding hydrogens is 240 g/mol. The van der Waals surface area contributed by atoms with Gasteiger partial charge >= 0.3 is 5.97 Å². The topological polar surface area (TPSA) is 43.8 Å². The summed E-state index contributed by atoms with van der Waals surface area (Å²) >= 11 is 0. The van der Waals surface area contributed by atoms with E-state index in [2.05, 4.69) is 9.80 Å². The molecule has 108 valence electrons. The first-order valence-electron chi connectivity index (χ1n) is 7.85. The molecule has 1 N–H and O–H groups in total. The molecule has 2 saturated heterocycles. The number of hydrogen-bond acceptors (Lipinski definition) is 3. The molecule has 4 nitrogen and oxygen atoms in total. The maximum Gasteiger partial charge on any atom is 0.303 e. The predicted molar refractivity (Wildman–Crippen MR) is 74.2 cm³/mol. The van der Waals surface area contributed by atoms with Crippen LogP contribution in [0.25, 0.3) is 0 Å². The molecule has 0 aromatic heterocycles. The van der Waals surface area contributed by atoms with Crippen LogP contribution in [0, 0.1) is 5.41 Å². The number of carboxylic acids is 1. The molecule has 4 heteroatoms. The predicted octanol–water partition coefficient (Wildman–Crippen LogP) is 1.80. The summed E-state index contributed by atoms with van der Waals surface area (Å²) in [5.41, 5.74) is 0.128. The smallest absolute Gasteiger partial charge is 0.303 e. The van der Waals surface area contributed by atoms with E-state index in [4.69, 9.17) is 5.11 Å². The van der Waals surface area contributed by atoms with Gasteiger partial charge in [-0.1, -0.05) is 6.42 Å². The largest absolute Gasteiger partial charge is 0.481 e. The highest BCUT2D eigenvalue weighted by Gasteiger charge is 2.46. The van der Waals surface area contributed by atoms with Gasteiger partial charge in [0.05, 0.1) is 6.42 Å². The van der Waals surface area contributed by atoms with Crippen molar-refractivity contribution in [3.8, 4) is 0 Å². The van der Waals surface area contributed by atoms with Crippen molar-refractivity contribution in [1.82, 2.24) is 9.80 Å². The molecule has 0 radical (unpaired) electrons. The monoisotopic (exact) mass is 266 g/mol. The van der Waals surface area contributed by atoms with Crippen LogP contribution in [0.4, 0.5) is 0 Å². The summed E-state index contributed by atoms with van der Waals surface area (Å²) in [6.45, 7) is 5.91. The SMILES string of the molecule is O=C(O)CC1(CN2CCC(N3CCCCC3)C2)CC1. The lowest BCUT2D eigenvalue weighted by Gasteiger charge is -2.32. The van der Waals surface area contributed by atoms with Crippen molar-refractivity contribution >= 4 is 5.97 Å². The minimum absolute atomic E-state index is 0.128. The Morgan fingerprint density at radius 2 is 1.89 bits per heavy atom. The van der Waals surface area contributed by atoms with Crippen LogP contribution in [0.1, 0.15) is 44.9 Å². The second kappa shape index (κ2) is 5.41. The van der Waals surface area contributed by atoms with Gasteiger partial charge < -0.3 is 10.0 Å². The summed E-state index contributed by atoms with van der Waals surface area (Å²) in [5.74, 6) is -0.621. The standard InChI is InChI=1S/C15H26N2O2/c18-14(19)10-15(5-6-15)12-16-9-4-13(11-16)17-7-2-1-3-8-17/h13H,1-12H2,(H,18,19). The van der Waals surface area contributed by atoms with E-state index in [9.17, 15) is 4.79 Å². The zero-order valence-corrected chi connectivity index (χ0v) is 11.8. The van der Waals surface area contributed by atoms with Crippen LogP contribution in [0.3, 0.4) is 0 Å². The molecule has 0 spiro atoms. The Hall–Kier alpha value is -0.610. The normalized spacial score (nSPS) is 31.5. The highest BCUT2D eigenvalue weighted by molar-refractivity contribution is 5.68. The molecule has 0 aromatic carbocycles. The third-order valence-electron chi connectivity index (χ3n) is 5.20. The van der Waals surface area contributed by atoms with Gasteiger partial charge in [-0.05, 0) is 57.2 Å². The van der Waals surface area contributed by atoms with Crippen LogP contribution in [-0.2, 0) is 4.79 Å². The Kier molecular flexibility index (Phi) is 3.81. The average molecular weight is 266 g/mol. The van der Waals surface area contributed by atoms with Crippen LogP contribution in [0.2, 0.25) is 0 Å². The fourth-order valence-corrected chi connectivity index (χ4v) is 3.90. The summed E-state index contributed by atoms with van der Waals surface area (Å²) in [4.78, 5) is 16.1. The lowest BCUT2D eigenvalue weighted by molar-refractivity contribution is -0.138. The second-order valence-corrected chi connectivity index (χ2v) is 6.84. The minimum Gasteiger partial charge on any atom is -0.481 e. The Balaban J connectivity index is 1.48. The van der Waals surface area contributed by atoms with Crippen LogP contribution < -0.4 is 0 Å². The third kappa shape index (κ3) is 3.29. The van der Waals surface area contributed by atoms with E-state index in [-0.39, 0.29) is 5.41 Å². The van der Waals surface area contributed by atoms with Crippen LogP contribution >= 0.6 is 0 Å². The number of carbonyl (C=O) groups is 1. The van der Waals surface area contributed by atoms with Crippen molar-refractivity contribution in [2.45, 2.75) is 51.0 Å². The molecule has 2 aliphatic heterocycles. The van der Waals surface area contributed by atoms with Gasteiger partial charge in [-0.15, -0.1) is 0 Å². The molecule has 3 aliphatic rings. The number of rotatable bonds is 5. The zero-order valence-electron chi connectivity index (χ0n) is 11.8. The first-order valence-corrected chi connectivity index (χ1v) is 7.85. The fraction of sp³-hybridized carbons (Fsp3) is 0.933. The highest BCUT2D eigenvalue weighted by Crippen LogP contribution is 2.49. The van der Waals surface area contributed by atoms with Crippen LogP contribution in [-0.4, -0.2) is 59.6 Å². The van der Waals surface area contributed by atoms with E-state index >= 15 is 0 Å². The number of hydrogen-bond donors (Lipinski definition) is 1. The van der Waals surface area contributed by atoms with Gasteiger partial charge in [0.15, 0.2) is 0 Å². The molecule has 0 aromatic rings. The van der Waals surface area contributed by atoms with Gasteiger partial charge in [-0.25, -0.2) is 0 Å². The van der Waals surface area contributed by atoms with E-state index < -0.39 is 5.97 Å². The van der Waals surface area contributed by atoms with Crippen molar-refractivity contribution in [3.05, 3.63) is 0 Å². The summed E-state index contributed by atoms with van der Waals surface area (Å²) < 4.78 is 0. The van der Waals surface area contributed by atoms with Crippen molar-refractivity contribution in [1.29, 1.82) is 0 Å². The molecule has 1 aliphatic carbocycles. The number of nitrogens with zero attached hydrogens (tertiary/aromatic N) is 2. The highest BCUT2D eigenvalue weighted by atomic mass is 16.4. The van der Waals surface area contributed by atoms with E-state index in [1.807, 2.05) is 0 Å². The van der Waals surface area contributed by atoms with Gasteiger partial charge in [-0.2, -0.15) is 0 Å². The Morgan fingerprint density at radius 3 is 2.53 bits per heavy atom. The number of piperidine rings is 1. The molecule has 19 heavy (non-hydrogen) atoms. The van der Waals surface area contributed by atoms with Gasteiger partial charge in [0, 0.05) is 19.1 Å². The quantitative estimate of drug-likeness (QED) is 0.824. The summed E-state index contributed by atoms with van der Waals surface area (Å²) in [5, 5.41) is 8.99. The van der Waals surface area contributed by atoms with Crippen LogP contribution in [0.15, 0.2) is 0 Å². The van der Waals surface area contributed by atoms with Gasteiger partial charge in [0.1, 0.15) is 0 Å². The van der Waals surface area contributed by atoms with Crippen molar-refractivity contribution < 1.29 is 9.90 Å². The number of aliphatic carboxylic acids is 1. The van der Waals surface area contributed by atoms with Crippen LogP contribution in [0.5, 0.6) is 0 Å². The van der Waals surface area contributed by atoms with E-state index in [1.54, 1.807) is 0 Å². The first kappa shape index (κ1) is 13.4. The lowest BCUT2D eigenvalue weighted by Crippen LogP contribution is -2.41. The Morgan fingerprint density at radius 1 is 1.16 bits per heavy atom. The molecule has 1 saturated carbocycles. The fourth-order valence-electron chi connectivity index (χ4n) is 3.90. The maximum absolute atomic E-state index is 10.9. The van der Waals surface area contributed by atoms with Gasteiger partial charge in [-0.3, -0.25) is 9.69 Å². The first-order chi connectivity index (χ1) is 9.17. The van der Waals surface area contributed by atoms with Crippen molar-refractivity contribution in [2.24, 2.45) is 5.41 Å². The summed E-state index contributed by atoms with van der Waals surface area (Å²) in [7, 11) is 0. The number of carboxylic acid groups (broad SMARTS) is 1. The summed E-state index contributed by atoms with van der Waals surface area (Å²) in [6.07, 6.45) is 8.00. The van der Waals surface area contributed by atoms with Gasteiger partial charge in [0.2, 0.25) is 0 Å². The summed E-state index contributed by atoms with van der Waals surface area (Å²) in [6, 6.07) is 0.737. The van der Waals surface area contributed by atoms with E-state index in [1.165, 1.54) is 51.9 Å². The number of likely N-dealkylation sites (tertiary alicyclic amines) is 2. The van der Waals surface area contributed by atoms with Crippen molar-refractivity contribution in [2.75, 3.05) is 32.7 Å². The molecule has 3 rings (SSSR count). The maximum atomic E-state index is 10.9. The Labute approximate surface area is 115 Å². The second-order valence-electron chi connectivity index (χ2n) is 6.84. The third-order valence-corrected chi connectivity index (χ3v) is 5.20. The average Bonchev–Trinajstić information content (AvgIpc) is 2.97. The molecule has 1 unspecified atom stereocenters. The molecular formula is C15H26N2O2. The minimum atomic E-state index is -0.621. The van der Waals surface area contributed by atoms with Crippen molar-refractivity contribution in [3.63, 3.8) is 0 Å². The van der Waals surface area contributed by atoms with E-state index in [0.717, 1.165) is 25.4 Å². The lowest BCUT2D eigenvalue weighted by atomic mass is 10.0. The molecule has 0 amide bonds. The molecule has 2 heterocycles. The molecule has 1 atom stereocenters.